The average Bonchev–Trinajstić information content (AvgIpc) is 3.23. The molecule has 6 atom stereocenters. The molecule has 0 saturated carbocycles. The van der Waals surface area contributed by atoms with Gasteiger partial charge >= 0.3 is 41.5 Å². The molecule has 1 rings (SSSR count). The second kappa shape index (κ2) is 41.5. The number of carbonyl (C=O) groups excluding carboxylic acids is 2. The Balaban J connectivity index is 0.0000372. The second-order valence-corrected chi connectivity index (χ2v) is 17.7. The maximum atomic E-state index is 12.9. The van der Waals surface area contributed by atoms with E-state index in [1.54, 1.807) is 0 Å². The zero-order chi connectivity index (χ0) is 44.8. The van der Waals surface area contributed by atoms with Crippen LogP contribution in [-0.2, 0) is 43.1 Å². The second-order valence-electron chi connectivity index (χ2n) is 16.7. The van der Waals surface area contributed by atoms with Gasteiger partial charge in [-0.1, -0.05) is 154 Å². The number of aliphatic hydroxyl groups is 3. The first-order valence-electron chi connectivity index (χ1n) is 24.1. The Morgan fingerprint density at radius 2 is 1.02 bits per heavy atom. The van der Waals surface area contributed by atoms with Crippen molar-refractivity contribution in [2.75, 3.05) is 19.8 Å². The molecule has 0 amide bonds. The van der Waals surface area contributed by atoms with Crippen molar-refractivity contribution in [2.24, 2.45) is 0 Å². The van der Waals surface area contributed by atoms with Gasteiger partial charge in [-0.2, -0.15) is 0 Å². The van der Waals surface area contributed by atoms with E-state index in [2.05, 4.69) is 42.3 Å². The van der Waals surface area contributed by atoms with Crippen LogP contribution in [0.5, 0.6) is 0 Å². The smallest absolute Gasteiger partial charge is 0.726 e. The average molecular weight is 913 g/mol. The SMILES string of the molecule is CCCCCCCC/C=C\CCCCCCCCC(=O)OCC(CO[C@@H]1O[C@H](CO)[C@H](O)[C@H](OS(=O)(=O)[O-])[C@H]1O)OC(=O)CCCCCCCC/C=C\CCCCCCCC.[Na+]. The summed E-state index contributed by atoms with van der Waals surface area (Å²) in [6.07, 6.45) is 31.5. The number of esters is 2. The van der Waals surface area contributed by atoms with Crippen LogP contribution in [0, 0.1) is 0 Å². The number of hydrogen-bond donors (Lipinski definition) is 3. The Morgan fingerprint density at radius 3 is 1.44 bits per heavy atom. The molecule has 62 heavy (non-hydrogen) atoms. The fourth-order valence-corrected chi connectivity index (χ4v) is 7.80. The summed E-state index contributed by atoms with van der Waals surface area (Å²) in [7, 11) is -5.36. The minimum Gasteiger partial charge on any atom is -0.726 e. The molecule has 3 N–H and O–H groups in total. The molecule has 1 aliphatic rings. The zero-order valence-electron chi connectivity index (χ0n) is 38.9. The van der Waals surface area contributed by atoms with Crippen molar-refractivity contribution in [1.82, 2.24) is 0 Å². The van der Waals surface area contributed by atoms with Gasteiger partial charge in [0, 0.05) is 12.8 Å². The molecular formula is C47H85NaO13S. The van der Waals surface area contributed by atoms with E-state index in [1.165, 1.54) is 77.0 Å². The first-order valence-corrected chi connectivity index (χ1v) is 25.4. The van der Waals surface area contributed by atoms with Crippen LogP contribution in [0.1, 0.15) is 206 Å². The largest absolute Gasteiger partial charge is 1.00 e. The quantitative estimate of drug-likeness (QED) is 0.0148. The summed E-state index contributed by atoms with van der Waals surface area (Å²) in [5, 5.41) is 30.6. The van der Waals surface area contributed by atoms with E-state index in [0.717, 1.165) is 89.9 Å². The third-order valence-corrected chi connectivity index (χ3v) is 11.5. The minimum atomic E-state index is -5.36. The van der Waals surface area contributed by atoms with Gasteiger partial charge in [0.05, 0.1) is 13.2 Å². The Kier molecular flexibility index (Phi) is 40.9. The molecule has 15 heteroatoms. The number of ether oxygens (including phenoxy) is 4. The number of aliphatic hydroxyl groups excluding tert-OH is 3. The molecule has 1 heterocycles. The number of hydrogen-bond acceptors (Lipinski definition) is 13. The van der Waals surface area contributed by atoms with Crippen LogP contribution in [0.2, 0.25) is 0 Å². The summed E-state index contributed by atoms with van der Waals surface area (Å²) >= 11 is 0. The van der Waals surface area contributed by atoms with Gasteiger partial charge in [0.15, 0.2) is 12.4 Å². The van der Waals surface area contributed by atoms with Gasteiger partial charge in [0.2, 0.25) is 10.4 Å². The Hall–Kier alpha value is -0.910. The fraction of sp³-hybridized carbons (Fsp3) is 0.872. The molecule has 0 spiro atoms. The summed E-state index contributed by atoms with van der Waals surface area (Å²) in [6, 6.07) is 0. The molecule has 0 aliphatic carbocycles. The molecule has 1 fully saturated rings. The van der Waals surface area contributed by atoms with E-state index in [9.17, 15) is 37.9 Å². The molecule has 1 unspecified atom stereocenters. The van der Waals surface area contributed by atoms with Gasteiger partial charge in [-0.05, 0) is 64.2 Å². The summed E-state index contributed by atoms with van der Waals surface area (Å²) in [5.41, 5.74) is 0. The molecular weight excluding hydrogens is 828 g/mol. The summed E-state index contributed by atoms with van der Waals surface area (Å²) in [4.78, 5) is 25.5. The molecule has 358 valence electrons. The van der Waals surface area contributed by atoms with E-state index < -0.39 is 72.4 Å². The van der Waals surface area contributed by atoms with Crippen molar-refractivity contribution in [3.8, 4) is 0 Å². The summed E-state index contributed by atoms with van der Waals surface area (Å²) in [6.45, 7) is 2.87. The number of carbonyl (C=O) groups is 2. The molecule has 0 radical (unpaired) electrons. The molecule has 0 aromatic rings. The third kappa shape index (κ3) is 34.4. The maximum Gasteiger partial charge on any atom is 1.00 e. The first-order chi connectivity index (χ1) is 29.5. The Labute approximate surface area is 398 Å². The van der Waals surface area contributed by atoms with Gasteiger partial charge in [0.25, 0.3) is 0 Å². The van der Waals surface area contributed by atoms with Crippen LogP contribution >= 0.6 is 0 Å². The van der Waals surface area contributed by atoms with Crippen LogP contribution in [0.25, 0.3) is 0 Å². The van der Waals surface area contributed by atoms with E-state index in [4.69, 9.17) is 18.9 Å². The van der Waals surface area contributed by atoms with Gasteiger partial charge < -0.3 is 38.8 Å². The van der Waals surface area contributed by atoms with Crippen molar-refractivity contribution in [3.63, 3.8) is 0 Å². The van der Waals surface area contributed by atoms with Crippen molar-refractivity contribution < 1.29 is 90.6 Å². The van der Waals surface area contributed by atoms with Crippen LogP contribution in [0.4, 0.5) is 0 Å². The van der Waals surface area contributed by atoms with Crippen molar-refractivity contribution >= 4 is 22.3 Å². The van der Waals surface area contributed by atoms with Gasteiger partial charge in [-0.25, -0.2) is 8.42 Å². The monoisotopic (exact) mass is 913 g/mol. The Morgan fingerprint density at radius 1 is 0.613 bits per heavy atom. The van der Waals surface area contributed by atoms with Crippen LogP contribution in [0.3, 0.4) is 0 Å². The van der Waals surface area contributed by atoms with Crippen molar-refractivity contribution in [3.05, 3.63) is 24.3 Å². The fourth-order valence-electron chi connectivity index (χ4n) is 7.30. The number of unbranched alkanes of at least 4 members (excludes halogenated alkanes) is 24. The topological polar surface area (TPSA) is 198 Å². The molecule has 1 aliphatic heterocycles. The van der Waals surface area contributed by atoms with E-state index in [-0.39, 0.29) is 49.0 Å². The summed E-state index contributed by atoms with van der Waals surface area (Å²) in [5.74, 6) is -0.989. The van der Waals surface area contributed by atoms with Gasteiger partial charge in [0.1, 0.15) is 31.0 Å². The standard InChI is InChI=1S/C47H86O13S.Na/c1-3-5-7-9-11-13-15-17-19-21-23-25-27-29-31-33-35-42(49)56-38-40(39-57-47-45(52)46(60-61(53,54)55)44(51)41(37-48)59-47)58-43(50)36-34-32-30-28-26-24-22-20-18-16-14-12-10-8-6-4-2;/h17-20,40-41,44-48,51-52H,3-16,21-39H2,1-2H3,(H,53,54,55);/q;+1/p-1/b19-17-,20-18-;/t40?,41-,44+,45-,46+,47-;/m1./s1. The maximum absolute atomic E-state index is 12.9. The zero-order valence-corrected chi connectivity index (χ0v) is 41.8. The molecule has 0 bridgehead atoms. The van der Waals surface area contributed by atoms with Gasteiger partial charge in [-0.15, -0.1) is 0 Å². The summed E-state index contributed by atoms with van der Waals surface area (Å²) < 4.78 is 60.1. The minimum absolute atomic E-state index is 0. The third-order valence-electron chi connectivity index (χ3n) is 11.0. The van der Waals surface area contributed by atoms with Crippen molar-refractivity contribution in [1.29, 1.82) is 0 Å². The van der Waals surface area contributed by atoms with Gasteiger partial charge in [-0.3, -0.25) is 13.8 Å². The molecule has 1 saturated heterocycles. The van der Waals surface area contributed by atoms with E-state index >= 15 is 0 Å². The number of rotatable bonds is 41. The van der Waals surface area contributed by atoms with Crippen LogP contribution in [0.15, 0.2) is 24.3 Å². The first kappa shape index (κ1) is 61.1. The molecule has 0 aromatic heterocycles. The molecule has 13 nitrogen and oxygen atoms in total. The number of allylic oxidation sites excluding steroid dienone is 4. The van der Waals surface area contributed by atoms with Crippen LogP contribution < -0.4 is 29.6 Å². The molecule has 0 aromatic carbocycles. The van der Waals surface area contributed by atoms with Crippen LogP contribution in [-0.4, -0.2) is 96.9 Å². The van der Waals surface area contributed by atoms with E-state index in [1.807, 2.05) is 0 Å². The van der Waals surface area contributed by atoms with Crippen molar-refractivity contribution in [2.45, 2.75) is 243 Å². The van der Waals surface area contributed by atoms with E-state index in [0.29, 0.717) is 12.8 Å². The Bertz CT molecular complexity index is 1230. The normalized spacial score (nSPS) is 19.8. The predicted octanol–water partition coefficient (Wildman–Crippen LogP) is 6.60. The predicted molar refractivity (Wildman–Crippen MR) is 237 cm³/mol.